The van der Waals surface area contributed by atoms with E-state index in [9.17, 15) is 9.59 Å². The van der Waals surface area contributed by atoms with E-state index in [0.717, 1.165) is 22.5 Å². The van der Waals surface area contributed by atoms with Crippen molar-refractivity contribution in [2.75, 3.05) is 0 Å². The second kappa shape index (κ2) is 10.8. The topological polar surface area (TPSA) is 156 Å². The van der Waals surface area contributed by atoms with Crippen LogP contribution in [0.1, 0.15) is 19.6 Å². The molecule has 0 fully saturated rings. The lowest BCUT2D eigenvalue weighted by Gasteiger charge is -2.17. The minimum Gasteiger partial charge on any atom is -0.427 e. The van der Waals surface area contributed by atoms with Gasteiger partial charge in [-0.25, -0.2) is 23.1 Å². The monoisotopic (exact) mass is 462 g/mol. The summed E-state index contributed by atoms with van der Waals surface area (Å²) in [5.74, 6) is 1.74. The van der Waals surface area contributed by atoms with E-state index in [4.69, 9.17) is 32.5 Å². The van der Waals surface area contributed by atoms with Crippen molar-refractivity contribution in [2.45, 2.75) is 20.8 Å². The molecule has 2 aromatic carbocycles. The van der Waals surface area contributed by atoms with E-state index >= 15 is 0 Å². The number of aryl methyl sites for hydroxylation is 1. The molecule has 0 aliphatic rings. The van der Waals surface area contributed by atoms with Crippen LogP contribution in [0.5, 0.6) is 11.5 Å². The van der Waals surface area contributed by atoms with Crippen LogP contribution in [0.3, 0.4) is 0 Å². The summed E-state index contributed by atoms with van der Waals surface area (Å²) in [7, 11) is -4.94. The third-order valence-corrected chi connectivity index (χ3v) is 3.77. The second-order valence-electron chi connectivity index (χ2n) is 6.43. The zero-order chi connectivity index (χ0) is 23.9. The van der Waals surface area contributed by atoms with Gasteiger partial charge in [0.2, 0.25) is 0 Å². The first kappa shape index (κ1) is 24.9. The van der Waals surface area contributed by atoms with Crippen LogP contribution in [-0.2, 0) is 9.59 Å². The summed E-state index contributed by atoms with van der Waals surface area (Å²) in [5, 5.41) is 0. The van der Waals surface area contributed by atoms with Gasteiger partial charge < -0.3 is 9.47 Å². The Labute approximate surface area is 185 Å². The Morgan fingerprint density at radius 2 is 1.12 bits per heavy atom. The zero-order valence-corrected chi connectivity index (χ0v) is 18.1. The van der Waals surface area contributed by atoms with Gasteiger partial charge in [0.1, 0.15) is 11.5 Å². The lowest BCUT2D eigenvalue weighted by atomic mass is 10.0. The molecule has 168 valence electrons. The summed E-state index contributed by atoms with van der Waals surface area (Å²) in [5.41, 5.74) is 2.82. The van der Waals surface area contributed by atoms with Gasteiger partial charge in [-0.1, -0.05) is 12.1 Å². The molecule has 0 amide bonds. The Morgan fingerprint density at radius 1 is 0.719 bits per heavy atom. The van der Waals surface area contributed by atoms with Gasteiger partial charge >= 0.3 is 23.5 Å². The van der Waals surface area contributed by atoms with E-state index in [1.807, 2.05) is 43.3 Å². The SMILES string of the molecule is CC(=O)Oc1ccc(-c2cc(C)[o+]c(-c3ccc(OC(C)=O)cc3)c2)cc1.[O-][Cl+3]([O-])([O-])[O-]. The van der Waals surface area contributed by atoms with Gasteiger partial charge in [-0.2, -0.15) is 0 Å². The Morgan fingerprint density at radius 3 is 1.53 bits per heavy atom. The van der Waals surface area contributed by atoms with Crippen molar-refractivity contribution in [3.63, 3.8) is 0 Å². The van der Waals surface area contributed by atoms with Crippen LogP contribution in [0.25, 0.3) is 22.5 Å². The molecule has 0 unspecified atom stereocenters. The molecule has 10 heteroatoms. The van der Waals surface area contributed by atoms with Crippen LogP contribution >= 0.6 is 0 Å². The van der Waals surface area contributed by atoms with Crippen LogP contribution in [-0.4, -0.2) is 11.9 Å². The molecule has 0 saturated heterocycles. The number of hydrogen-bond acceptors (Lipinski definition) is 8. The van der Waals surface area contributed by atoms with Crippen molar-refractivity contribution in [3.05, 3.63) is 66.4 Å². The zero-order valence-electron chi connectivity index (χ0n) is 17.3. The molecule has 1 heterocycles. The van der Waals surface area contributed by atoms with E-state index in [2.05, 4.69) is 0 Å². The molecule has 0 aliphatic carbocycles. The standard InChI is InChI=1S/C22H19O5.ClHO4/c1-14-12-19(17-4-8-20(9-5-17)26-15(2)23)13-22(25-14)18-6-10-21(11-7-18)27-16(3)24;2-1(3,4)5/h4-13H,1-3H3;(H,2,3,4,5)/q+1;/p-1. The van der Waals surface area contributed by atoms with Gasteiger partial charge in [-0.15, -0.1) is 10.2 Å². The number of carbonyl (C=O) groups excluding carboxylic acids is 2. The molecule has 0 N–H and O–H groups in total. The average molecular weight is 463 g/mol. The van der Waals surface area contributed by atoms with E-state index in [0.29, 0.717) is 17.3 Å². The fourth-order valence-corrected chi connectivity index (χ4v) is 2.68. The minimum absolute atomic E-state index is 0.350. The second-order valence-corrected chi connectivity index (χ2v) is 7.19. The fraction of sp³-hybridized carbons (Fsp3) is 0.136. The van der Waals surface area contributed by atoms with Crippen LogP contribution in [0.15, 0.2) is 65.1 Å². The molecule has 9 nitrogen and oxygen atoms in total. The highest BCUT2D eigenvalue weighted by Crippen LogP contribution is 2.30. The Balaban J connectivity index is 0.000000654. The molecule has 3 rings (SSSR count). The normalized spacial score (nSPS) is 10.6. The minimum atomic E-state index is -4.94. The summed E-state index contributed by atoms with van der Waals surface area (Å²) >= 11 is 0. The first-order valence-corrected chi connectivity index (χ1v) is 10.3. The summed E-state index contributed by atoms with van der Waals surface area (Å²) in [4.78, 5) is 22.1. The lowest BCUT2D eigenvalue weighted by molar-refractivity contribution is -2.00. The highest BCUT2D eigenvalue weighted by Gasteiger charge is 2.17. The summed E-state index contributed by atoms with van der Waals surface area (Å²) in [6.45, 7) is 4.62. The van der Waals surface area contributed by atoms with Crippen molar-refractivity contribution in [1.82, 2.24) is 0 Å². The summed E-state index contributed by atoms with van der Waals surface area (Å²) in [6, 6.07) is 18.3. The number of benzene rings is 2. The van der Waals surface area contributed by atoms with Gasteiger partial charge in [-0.3, -0.25) is 9.59 Å². The maximum absolute atomic E-state index is 11.0. The Hall–Kier alpha value is -3.34. The third kappa shape index (κ3) is 8.80. The predicted octanol–water partition coefficient (Wildman–Crippen LogP) is 0.298. The quantitative estimate of drug-likeness (QED) is 0.302. The van der Waals surface area contributed by atoms with Gasteiger partial charge in [-0.05, 0) is 42.0 Å². The molecule has 3 aromatic rings. The maximum atomic E-state index is 11.0. The maximum Gasteiger partial charge on any atom is 0.360 e. The van der Waals surface area contributed by atoms with Crippen LogP contribution in [0, 0.1) is 17.2 Å². The van der Waals surface area contributed by atoms with Crippen LogP contribution < -0.4 is 28.1 Å². The Kier molecular flexibility index (Phi) is 8.41. The van der Waals surface area contributed by atoms with Crippen molar-refractivity contribution in [2.24, 2.45) is 0 Å². The highest BCUT2D eigenvalue weighted by atomic mass is 35.7. The number of carbonyl (C=O) groups is 2. The van der Waals surface area contributed by atoms with E-state index in [1.165, 1.54) is 13.8 Å². The van der Waals surface area contributed by atoms with E-state index in [1.54, 1.807) is 24.3 Å². The molecule has 32 heavy (non-hydrogen) atoms. The van der Waals surface area contributed by atoms with Crippen LogP contribution in [0.2, 0.25) is 0 Å². The highest BCUT2D eigenvalue weighted by molar-refractivity contribution is 5.73. The molecular weight excluding hydrogens is 444 g/mol. The van der Waals surface area contributed by atoms with Crippen molar-refractivity contribution < 1.29 is 52.4 Å². The molecule has 0 aliphatic heterocycles. The van der Waals surface area contributed by atoms with Gasteiger partial charge in [0, 0.05) is 25.5 Å². The third-order valence-electron chi connectivity index (χ3n) is 3.77. The average Bonchev–Trinajstić information content (AvgIpc) is 2.66. The predicted molar refractivity (Wildman–Crippen MR) is 101 cm³/mol. The molecule has 0 saturated carbocycles. The molecule has 1 aromatic heterocycles. The fourth-order valence-electron chi connectivity index (χ4n) is 2.68. The number of hydrogen-bond donors (Lipinski definition) is 0. The summed E-state index contributed by atoms with van der Waals surface area (Å²) < 4.78 is 49.9. The first-order valence-electron chi connectivity index (χ1n) is 9.05. The van der Waals surface area contributed by atoms with Crippen molar-refractivity contribution in [3.8, 4) is 33.9 Å². The lowest BCUT2D eigenvalue weighted by Crippen LogP contribution is -2.68. The van der Waals surface area contributed by atoms with Crippen molar-refractivity contribution >= 4 is 11.9 Å². The van der Waals surface area contributed by atoms with Crippen molar-refractivity contribution in [1.29, 1.82) is 0 Å². The van der Waals surface area contributed by atoms with E-state index in [-0.39, 0.29) is 11.9 Å². The number of halogens is 1. The summed E-state index contributed by atoms with van der Waals surface area (Å²) in [6.07, 6.45) is 0. The number of ether oxygens (including phenoxy) is 2. The molecule has 0 spiro atoms. The number of rotatable bonds is 4. The van der Waals surface area contributed by atoms with Gasteiger partial charge in [0.15, 0.2) is 0 Å². The molecule has 0 radical (unpaired) electrons. The molecular formula is C22H19ClO9. The number of esters is 2. The first-order chi connectivity index (χ1) is 14.9. The van der Waals surface area contributed by atoms with E-state index < -0.39 is 10.2 Å². The molecule has 0 bridgehead atoms. The van der Waals surface area contributed by atoms with Gasteiger partial charge in [0.05, 0.1) is 18.6 Å². The van der Waals surface area contributed by atoms with Crippen LogP contribution in [0.4, 0.5) is 0 Å². The van der Waals surface area contributed by atoms with Gasteiger partial charge in [0.25, 0.3) is 0 Å². The Bertz CT molecular complexity index is 988. The smallest absolute Gasteiger partial charge is 0.360 e. The largest absolute Gasteiger partial charge is 0.427 e. The molecule has 0 atom stereocenters.